The van der Waals surface area contributed by atoms with E-state index in [9.17, 15) is 9.18 Å². The second-order valence-corrected chi connectivity index (χ2v) is 3.38. The maximum absolute atomic E-state index is 13.6. The second-order valence-electron chi connectivity index (χ2n) is 3.38. The summed E-state index contributed by atoms with van der Waals surface area (Å²) in [6.45, 7) is 0.0832. The molecule has 0 bridgehead atoms. The van der Waals surface area contributed by atoms with Crippen LogP contribution < -0.4 is 11.3 Å². The second kappa shape index (κ2) is 4.28. The van der Waals surface area contributed by atoms with Gasteiger partial charge in [0.15, 0.2) is 0 Å². The van der Waals surface area contributed by atoms with Crippen LogP contribution in [0.3, 0.4) is 0 Å². The first kappa shape index (κ1) is 10.6. The highest BCUT2D eigenvalue weighted by atomic mass is 19.1. The summed E-state index contributed by atoms with van der Waals surface area (Å²) in [6, 6.07) is 7.97. The molecule has 2 rings (SSSR count). The van der Waals surface area contributed by atoms with E-state index in [4.69, 9.17) is 5.73 Å². The zero-order chi connectivity index (χ0) is 11.5. The van der Waals surface area contributed by atoms with Crippen molar-refractivity contribution in [2.24, 2.45) is 5.73 Å². The van der Waals surface area contributed by atoms with Crippen LogP contribution in [0.5, 0.6) is 0 Å². The zero-order valence-electron chi connectivity index (χ0n) is 8.53. The minimum atomic E-state index is -0.359. The van der Waals surface area contributed by atoms with Crippen molar-refractivity contribution >= 4 is 0 Å². The Bertz CT molecular complexity index is 563. The summed E-state index contributed by atoms with van der Waals surface area (Å²) >= 11 is 0. The summed E-state index contributed by atoms with van der Waals surface area (Å²) in [4.78, 5) is 14.0. The fourth-order valence-electron chi connectivity index (χ4n) is 1.65. The van der Waals surface area contributed by atoms with E-state index in [1.807, 2.05) is 0 Å². The van der Waals surface area contributed by atoms with Gasteiger partial charge in [-0.3, -0.25) is 4.79 Å². The summed E-state index contributed by atoms with van der Waals surface area (Å²) in [5.41, 5.74) is 6.56. The van der Waals surface area contributed by atoms with Crippen LogP contribution in [-0.4, -0.2) is 4.98 Å². The van der Waals surface area contributed by atoms with Gasteiger partial charge in [0.1, 0.15) is 5.82 Å². The highest BCUT2D eigenvalue weighted by Crippen LogP contribution is 2.23. The number of H-pyrrole nitrogens is 1. The fraction of sp³-hybridized carbons (Fsp3) is 0.0833. The number of rotatable bonds is 2. The highest BCUT2D eigenvalue weighted by Gasteiger charge is 2.10. The Morgan fingerprint density at radius 1 is 1.19 bits per heavy atom. The van der Waals surface area contributed by atoms with Crippen molar-refractivity contribution in [3.8, 4) is 11.1 Å². The van der Waals surface area contributed by atoms with E-state index in [1.54, 1.807) is 24.3 Å². The summed E-state index contributed by atoms with van der Waals surface area (Å²) in [7, 11) is 0. The normalized spacial score (nSPS) is 10.4. The predicted molar refractivity (Wildman–Crippen MR) is 60.3 cm³/mol. The standard InChI is InChI=1S/C12H11FN2O/c13-11-4-2-1-3-9(11)8-5-6-15-12(16)10(8)7-14/h1-6H,7,14H2,(H,15,16). The largest absolute Gasteiger partial charge is 0.329 e. The Labute approximate surface area is 91.7 Å². The molecule has 0 unspecified atom stereocenters. The van der Waals surface area contributed by atoms with Gasteiger partial charge in [-0.15, -0.1) is 0 Å². The summed E-state index contributed by atoms with van der Waals surface area (Å²) in [6.07, 6.45) is 1.49. The van der Waals surface area contributed by atoms with Crippen molar-refractivity contribution < 1.29 is 4.39 Å². The van der Waals surface area contributed by atoms with Gasteiger partial charge in [-0.25, -0.2) is 4.39 Å². The molecule has 2 aromatic rings. The van der Waals surface area contributed by atoms with E-state index in [-0.39, 0.29) is 17.9 Å². The van der Waals surface area contributed by atoms with E-state index in [1.165, 1.54) is 12.3 Å². The molecule has 0 aliphatic heterocycles. The summed E-state index contributed by atoms with van der Waals surface area (Å²) in [5, 5.41) is 0. The van der Waals surface area contributed by atoms with Gasteiger partial charge >= 0.3 is 0 Å². The number of nitrogens with two attached hydrogens (primary N) is 1. The molecule has 1 heterocycles. The third-order valence-corrected chi connectivity index (χ3v) is 2.43. The third-order valence-electron chi connectivity index (χ3n) is 2.43. The van der Waals surface area contributed by atoms with Crippen molar-refractivity contribution in [2.75, 3.05) is 0 Å². The summed E-state index contributed by atoms with van der Waals surface area (Å²) in [5.74, 6) is -0.359. The first-order chi connectivity index (χ1) is 7.74. The molecule has 16 heavy (non-hydrogen) atoms. The SMILES string of the molecule is NCc1c(-c2ccccc2F)cc[nH]c1=O. The van der Waals surface area contributed by atoms with E-state index >= 15 is 0 Å². The van der Waals surface area contributed by atoms with E-state index < -0.39 is 0 Å². The van der Waals surface area contributed by atoms with Gasteiger partial charge in [0.2, 0.25) is 0 Å². The monoisotopic (exact) mass is 218 g/mol. The molecule has 0 amide bonds. The topological polar surface area (TPSA) is 58.9 Å². The molecule has 4 heteroatoms. The van der Waals surface area contributed by atoms with Crippen molar-refractivity contribution in [3.63, 3.8) is 0 Å². The molecule has 0 fully saturated rings. The Morgan fingerprint density at radius 2 is 1.94 bits per heavy atom. The molecule has 82 valence electrons. The molecule has 1 aromatic heterocycles. The minimum Gasteiger partial charge on any atom is -0.329 e. The molecule has 3 nitrogen and oxygen atoms in total. The lowest BCUT2D eigenvalue weighted by Crippen LogP contribution is -2.16. The smallest absolute Gasteiger partial charge is 0.253 e. The highest BCUT2D eigenvalue weighted by molar-refractivity contribution is 5.67. The molecule has 0 saturated heterocycles. The van der Waals surface area contributed by atoms with Crippen molar-refractivity contribution in [3.05, 3.63) is 58.3 Å². The van der Waals surface area contributed by atoms with Crippen LogP contribution in [0.1, 0.15) is 5.56 Å². The van der Waals surface area contributed by atoms with Gasteiger partial charge in [-0.1, -0.05) is 18.2 Å². The minimum absolute atomic E-state index is 0.0832. The van der Waals surface area contributed by atoms with Gasteiger partial charge in [0, 0.05) is 23.9 Å². The average Bonchev–Trinajstić information content (AvgIpc) is 2.29. The molecule has 0 spiro atoms. The number of benzene rings is 1. The van der Waals surface area contributed by atoms with Crippen LogP contribution in [0, 0.1) is 5.82 Å². The zero-order valence-corrected chi connectivity index (χ0v) is 8.53. The van der Waals surface area contributed by atoms with Crippen molar-refractivity contribution in [1.82, 2.24) is 4.98 Å². The lowest BCUT2D eigenvalue weighted by Gasteiger charge is -2.07. The van der Waals surface area contributed by atoms with E-state index in [2.05, 4.69) is 4.98 Å². The van der Waals surface area contributed by atoms with Crippen LogP contribution >= 0.6 is 0 Å². The molecule has 0 aliphatic rings. The number of hydrogen-bond acceptors (Lipinski definition) is 2. The maximum atomic E-state index is 13.6. The fourth-order valence-corrected chi connectivity index (χ4v) is 1.65. The molecule has 3 N–H and O–H groups in total. The van der Waals surface area contributed by atoms with E-state index in [0.29, 0.717) is 16.7 Å². The van der Waals surface area contributed by atoms with E-state index in [0.717, 1.165) is 0 Å². The number of aromatic nitrogens is 1. The Morgan fingerprint density at radius 3 is 2.62 bits per heavy atom. The van der Waals surface area contributed by atoms with Gasteiger partial charge in [0.05, 0.1) is 0 Å². The average molecular weight is 218 g/mol. The summed E-state index contributed by atoms with van der Waals surface area (Å²) < 4.78 is 13.6. The molecule has 0 radical (unpaired) electrons. The Balaban J connectivity index is 2.70. The quantitative estimate of drug-likeness (QED) is 0.805. The number of halogens is 1. The van der Waals surface area contributed by atoms with Gasteiger partial charge in [-0.05, 0) is 17.7 Å². The number of hydrogen-bond donors (Lipinski definition) is 2. The molecular weight excluding hydrogens is 207 g/mol. The third kappa shape index (κ3) is 1.75. The van der Waals surface area contributed by atoms with Gasteiger partial charge in [0.25, 0.3) is 5.56 Å². The first-order valence-corrected chi connectivity index (χ1v) is 4.89. The lowest BCUT2D eigenvalue weighted by molar-refractivity contribution is 0.631. The molecular formula is C12H11FN2O. The Hall–Kier alpha value is -1.94. The van der Waals surface area contributed by atoms with Crippen molar-refractivity contribution in [1.29, 1.82) is 0 Å². The number of aromatic amines is 1. The lowest BCUT2D eigenvalue weighted by atomic mass is 10.0. The first-order valence-electron chi connectivity index (χ1n) is 4.89. The van der Waals surface area contributed by atoms with Gasteiger partial charge in [-0.2, -0.15) is 0 Å². The maximum Gasteiger partial charge on any atom is 0.253 e. The molecule has 0 saturated carbocycles. The molecule has 1 aromatic carbocycles. The molecule has 0 atom stereocenters. The number of pyridine rings is 1. The van der Waals surface area contributed by atoms with Crippen LogP contribution in [0.2, 0.25) is 0 Å². The van der Waals surface area contributed by atoms with Crippen LogP contribution in [-0.2, 0) is 6.54 Å². The van der Waals surface area contributed by atoms with Gasteiger partial charge < -0.3 is 10.7 Å². The van der Waals surface area contributed by atoms with Crippen LogP contribution in [0.15, 0.2) is 41.3 Å². The number of nitrogens with one attached hydrogen (secondary N) is 1. The van der Waals surface area contributed by atoms with Crippen LogP contribution in [0.4, 0.5) is 4.39 Å². The predicted octanol–water partition coefficient (Wildman–Crippen LogP) is 1.64. The van der Waals surface area contributed by atoms with Crippen LogP contribution in [0.25, 0.3) is 11.1 Å². The van der Waals surface area contributed by atoms with Crippen molar-refractivity contribution in [2.45, 2.75) is 6.54 Å². The molecule has 0 aliphatic carbocycles. The Kier molecular flexibility index (Phi) is 2.83.